The van der Waals surface area contributed by atoms with Crippen LogP contribution in [0.15, 0.2) is 34.8 Å². The van der Waals surface area contributed by atoms with Gasteiger partial charge in [0.25, 0.3) is 5.91 Å². The van der Waals surface area contributed by atoms with Gasteiger partial charge in [0.2, 0.25) is 0 Å². The molecule has 17 heavy (non-hydrogen) atoms. The zero-order chi connectivity index (χ0) is 12.4. The van der Waals surface area contributed by atoms with Crippen LogP contribution in [0.3, 0.4) is 0 Å². The van der Waals surface area contributed by atoms with E-state index in [1.54, 1.807) is 12.1 Å². The lowest BCUT2D eigenvalue weighted by Crippen LogP contribution is -2.10. The van der Waals surface area contributed by atoms with Gasteiger partial charge in [0.15, 0.2) is 0 Å². The van der Waals surface area contributed by atoms with Crippen molar-refractivity contribution >= 4 is 50.5 Å². The molecule has 1 aromatic heterocycles. The fourth-order valence-corrected chi connectivity index (χ4v) is 2.60. The standard InChI is InChI=1S/C11H6BrClFNOS/c12-7-5-6(14)1-2-8(7)15-11(16)9-3-4-10(13)17-9/h1-5H,(H,15,16). The zero-order valence-corrected chi connectivity index (χ0v) is 11.5. The number of amides is 1. The lowest BCUT2D eigenvalue weighted by Gasteiger charge is -2.05. The predicted molar refractivity (Wildman–Crippen MR) is 71.4 cm³/mol. The summed E-state index contributed by atoms with van der Waals surface area (Å²) < 4.78 is 13.9. The number of carbonyl (C=O) groups excluding carboxylic acids is 1. The van der Waals surface area contributed by atoms with E-state index in [2.05, 4.69) is 21.2 Å². The Morgan fingerprint density at radius 1 is 1.35 bits per heavy atom. The summed E-state index contributed by atoms with van der Waals surface area (Å²) in [5.74, 6) is -0.636. The van der Waals surface area contributed by atoms with Crippen molar-refractivity contribution in [3.05, 3.63) is 49.8 Å². The van der Waals surface area contributed by atoms with Crippen LogP contribution < -0.4 is 5.32 Å². The van der Waals surface area contributed by atoms with Crippen molar-refractivity contribution in [2.45, 2.75) is 0 Å². The molecule has 0 spiro atoms. The van der Waals surface area contributed by atoms with E-state index in [1.807, 2.05) is 0 Å². The number of thiophene rings is 1. The van der Waals surface area contributed by atoms with E-state index >= 15 is 0 Å². The highest BCUT2D eigenvalue weighted by Gasteiger charge is 2.10. The lowest BCUT2D eigenvalue weighted by molar-refractivity contribution is 0.103. The minimum atomic E-state index is -0.367. The van der Waals surface area contributed by atoms with Crippen molar-refractivity contribution in [3.63, 3.8) is 0 Å². The first kappa shape index (κ1) is 12.5. The second-order valence-corrected chi connectivity index (χ2v) is 5.75. The van der Waals surface area contributed by atoms with Crippen LogP contribution in [0.4, 0.5) is 10.1 Å². The van der Waals surface area contributed by atoms with Gasteiger partial charge in [-0.15, -0.1) is 11.3 Å². The quantitative estimate of drug-likeness (QED) is 0.857. The SMILES string of the molecule is O=C(Nc1ccc(F)cc1Br)c1ccc(Cl)s1. The summed E-state index contributed by atoms with van der Waals surface area (Å²) in [4.78, 5) is 12.3. The summed E-state index contributed by atoms with van der Waals surface area (Å²) in [6.45, 7) is 0. The maximum absolute atomic E-state index is 12.9. The molecular formula is C11H6BrClFNOS. The molecule has 0 bridgehead atoms. The van der Waals surface area contributed by atoms with E-state index in [1.165, 1.54) is 29.5 Å². The Labute approximate surface area is 115 Å². The van der Waals surface area contributed by atoms with E-state index in [0.29, 0.717) is 19.4 Å². The average molecular weight is 335 g/mol. The van der Waals surface area contributed by atoms with Gasteiger partial charge in [0.05, 0.1) is 14.9 Å². The minimum absolute atomic E-state index is 0.269. The summed E-state index contributed by atoms with van der Waals surface area (Å²) in [5, 5.41) is 2.67. The van der Waals surface area contributed by atoms with E-state index in [-0.39, 0.29) is 11.7 Å². The van der Waals surface area contributed by atoms with Gasteiger partial charge in [-0.3, -0.25) is 4.79 Å². The van der Waals surface area contributed by atoms with Gasteiger partial charge in [-0.05, 0) is 46.3 Å². The highest BCUT2D eigenvalue weighted by molar-refractivity contribution is 9.10. The molecule has 1 N–H and O–H groups in total. The second-order valence-electron chi connectivity index (χ2n) is 3.18. The molecular weight excluding hydrogens is 329 g/mol. The third-order valence-electron chi connectivity index (χ3n) is 1.98. The number of hydrogen-bond acceptors (Lipinski definition) is 2. The lowest BCUT2D eigenvalue weighted by atomic mass is 10.3. The fourth-order valence-electron chi connectivity index (χ4n) is 1.21. The monoisotopic (exact) mass is 333 g/mol. The molecule has 0 unspecified atom stereocenters. The molecule has 0 saturated carbocycles. The fraction of sp³-hybridized carbons (Fsp3) is 0. The normalized spacial score (nSPS) is 10.3. The van der Waals surface area contributed by atoms with E-state index < -0.39 is 0 Å². The molecule has 0 aliphatic heterocycles. The highest BCUT2D eigenvalue weighted by atomic mass is 79.9. The predicted octanol–water partition coefficient (Wildman–Crippen LogP) is 4.56. The van der Waals surface area contributed by atoms with Crippen molar-refractivity contribution < 1.29 is 9.18 Å². The molecule has 1 amide bonds. The molecule has 2 rings (SSSR count). The van der Waals surface area contributed by atoms with Crippen molar-refractivity contribution in [1.82, 2.24) is 0 Å². The van der Waals surface area contributed by atoms with Gasteiger partial charge < -0.3 is 5.32 Å². The Balaban J connectivity index is 2.18. The zero-order valence-electron chi connectivity index (χ0n) is 8.34. The molecule has 0 fully saturated rings. The summed E-state index contributed by atoms with van der Waals surface area (Å²) in [6, 6.07) is 7.35. The molecule has 2 aromatic rings. The Hall–Kier alpha value is -0.910. The largest absolute Gasteiger partial charge is 0.320 e. The molecule has 1 heterocycles. The smallest absolute Gasteiger partial charge is 0.265 e. The third kappa shape index (κ3) is 3.06. The van der Waals surface area contributed by atoms with Crippen LogP contribution in [0, 0.1) is 5.82 Å². The number of benzene rings is 1. The maximum atomic E-state index is 12.9. The van der Waals surface area contributed by atoms with E-state index in [4.69, 9.17) is 11.6 Å². The number of anilines is 1. The minimum Gasteiger partial charge on any atom is -0.320 e. The molecule has 0 atom stereocenters. The highest BCUT2D eigenvalue weighted by Crippen LogP contribution is 2.26. The van der Waals surface area contributed by atoms with Crippen LogP contribution >= 0.6 is 38.9 Å². The van der Waals surface area contributed by atoms with Gasteiger partial charge in [0, 0.05) is 4.47 Å². The Kier molecular flexibility index (Phi) is 3.81. The number of hydrogen-bond donors (Lipinski definition) is 1. The first-order chi connectivity index (χ1) is 8.06. The van der Waals surface area contributed by atoms with Crippen molar-refractivity contribution in [3.8, 4) is 0 Å². The number of nitrogens with one attached hydrogen (secondary N) is 1. The van der Waals surface area contributed by atoms with Gasteiger partial charge in [0.1, 0.15) is 5.82 Å². The number of carbonyl (C=O) groups is 1. The Bertz CT molecular complexity index is 572. The first-order valence-electron chi connectivity index (χ1n) is 4.58. The summed E-state index contributed by atoms with van der Waals surface area (Å²) in [5.41, 5.74) is 0.515. The third-order valence-corrected chi connectivity index (χ3v) is 3.86. The average Bonchev–Trinajstić information content (AvgIpc) is 2.69. The van der Waals surface area contributed by atoms with Crippen molar-refractivity contribution in [2.24, 2.45) is 0 Å². The second kappa shape index (κ2) is 5.16. The number of halogens is 3. The van der Waals surface area contributed by atoms with Crippen LogP contribution in [-0.4, -0.2) is 5.91 Å². The van der Waals surface area contributed by atoms with Gasteiger partial charge in [-0.2, -0.15) is 0 Å². The molecule has 2 nitrogen and oxygen atoms in total. The summed E-state index contributed by atoms with van der Waals surface area (Å²) >= 11 is 10.1. The molecule has 88 valence electrons. The Morgan fingerprint density at radius 2 is 2.12 bits per heavy atom. The van der Waals surface area contributed by atoms with E-state index in [9.17, 15) is 9.18 Å². The molecule has 0 aliphatic rings. The molecule has 6 heteroatoms. The van der Waals surface area contributed by atoms with E-state index in [0.717, 1.165) is 0 Å². The molecule has 1 aromatic carbocycles. The molecule has 0 aliphatic carbocycles. The van der Waals surface area contributed by atoms with Gasteiger partial charge in [-0.1, -0.05) is 11.6 Å². The topological polar surface area (TPSA) is 29.1 Å². The summed E-state index contributed by atoms with van der Waals surface area (Å²) in [7, 11) is 0. The maximum Gasteiger partial charge on any atom is 0.265 e. The van der Waals surface area contributed by atoms with Crippen LogP contribution in [0.2, 0.25) is 4.34 Å². The van der Waals surface area contributed by atoms with Gasteiger partial charge in [-0.25, -0.2) is 4.39 Å². The molecule has 0 radical (unpaired) electrons. The Morgan fingerprint density at radius 3 is 2.71 bits per heavy atom. The van der Waals surface area contributed by atoms with Crippen LogP contribution in [0.1, 0.15) is 9.67 Å². The molecule has 0 saturated heterocycles. The van der Waals surface area contributed by atoms with Crippen molar-refractivity contribution in [1.29, 1.82) is 0 Å². The van der Waals surface area contributed by atoms with Gasteiger partial charge >= 0.3 is 0 Å². The van der Waals surface area contributed by atoms with Crippen LogP contribution in [0.5, 0.6) is 0 Å². The summed E-state index contributed by atoms with van der Waals surface area (Å²) in [6.07, 6.45) is 0. The van der Waals surface area contributed by atoms with Crippen LogP contribution in [-0.2, 0) is 0 Å². The van der Waals surface area contributed by atoms with Crippen LogP contribution in [0.25, 0.3) is 0 Å². The first-order valence-corrected chi connectivity index (χ1v) is 6.57. The number of rotatable bonds is 2. The van der Waals surface area contributed by atoms with Crippen molar-refractivity contribution in [2.75, 3.05) is 5.32 Å².